The fourth-order valence-corrected chi connectivity index (χ4v) is 3.99. The molecule has 10 nitrogen and oxygen atoms in total. The molecule has 3 aromatic carbocycles. The van der Waals surface area contributed by atoms with Crippen molar-refractivity contribution in [2.45, 2.75) is 4.90 Å². The number of sulfonamides is 1. The van der Waals surface area contributed by atoms with Gasteiger partial charge in [0.25, 0.3) is 15.7 Å². The van der Waals surface area contributed by atoms with Crippen LogP contribution in [-0.2, 0) is 10.0 Å². The summed E-state index contributed by atoms with van der Waals surface area (Å²) in [5.74, 6) is 0.700. The number of nitro benzene ring substituents is 1. The van der Waals surface area contributed by atoms with Gasteiger partial charge in [-0.3, -0.25) is 14.8 Å². The fraction of sp³-hybridized carbons (Fsp3) is 0.0476. The van der Waals surface area contributed by atoms with Crippen molar-refractivity contribution in [2.24, 2.45) is 0 Å². The van der Waals surface area contributed by atoms with E-state index in [4.69, 9.17) is 4.74 Å². The maximum atomic E-state index is 13.0. The fourth-order valence-electron chi connectivity index (χ4n) is 2.95. The molecule has 0 aliphatic carbocycles. The van der Waals surface area contributed by atoms with Crippen molar-refractivity contribution in [3.8, 4) is 5.75 Å². The summed E-state index contributed by atoms with van der Waals surface area (Å²) in [6.45, 7) is 0. The first-order valence-corrected chi connectivity index (χ1v) is 10.8. The Kier molecular flexibility index (Phi) is 5.56. The van der Waals surface area contributed by atoms with Crippen molar-refractivity contribution in [3.05, 3.63) is 82.9 Å². The molecule has 1 heterocycles. The van der Waals surface area contributed by atoms with Crippen molar-refractivity contribution < 1.29 is 18.1 Å². The van der Waals surface area contributed by atoms with Crippen LogP contribution in [-0.4, -0.2) is 30.4 Å². The van der Waals surface area contributed by atoms with E-state index in [2.05, 4.69) is 20.0 Å². The van der Waals surface area contributed by atoms with E-state index in [0.29, 0.717) is 22.5 Å². The lowest BCUT2D eigenvalue weighted by Crippen LogP contribution is -2.16. The second-order valence-corrected chi connectivity index (χ2v) is 8.31. The Morgan fingerprint density at radius 2 is 1.59 bits per heavy atom. The van der Waals surface area contributed by atoms with Crippen molar-refractivity contribution >= 4 is 44.1 Å². The molecule has 0 aliphatic rings. The minimum absolute atomic E-state index is 0.0574. The number of hydrogen-bond donors (Lipinski definition) is 2. The van der Waals surface area contributed by atoms with Gasteiger partial charge in [0.2, 0.25) is 0 Å². The lowest BCUT2D eigenvalue weighted by Gasteiger charge is -2.14. The average Bonchev–Trinajstić information content (AvgIpc) is 2.79. The molecule has 0 saturated carbocycles. The first-order chi connectivity index (χ1) is 15.4. The van der Waals surface area contributed by atoms with Gasteiger partial charge in [-0.05, 0) is 30.3 Å². The van der Waals surface area contributed by atoms with Gasteiger partial charge in [-0.1, -0.05) is 24.3 Å². The highest BCUT2D eigenvalue weighted by Crippen LogP contribution is 2.29. The Hall–Kier alpha value is -4.25. The van der Waals surface area contributed by atoms with Crippen LogP contribution >= 0.6 is 0 Å². The van der Waals surface area contributed by atoms with E-state index in [1.54, 1.807) is 48.5 Å². The number of ether oxygens (including phenoxy) is 1. The third-order valence-electron chi connectivity index (χ3n) is 4.47. The van der Waals surface area contributed by atoms with Gasteiger partial charge in [0, 0.05) is 23.9 Å². The summed E-state index contributed by atoms with van der Waals surface area (Å²) >= 11 is 0. The van der Waals surface area contributed by atoms with Crippen LogP contribution in [0.25, 0.3) is 11.0 Å². The Labute approximate surface area is 183 Å². The normalized spacial score (nSPS) is 11.2. The third-order valence-corrected chi connectivity index (χ3v) is 5.81. The Morgan fingerprint density at radius 1 is 0.906 bits per heavy atom. The summed E-state index contributed by atoms with van der Waals surface area (Å²) in [7, 11) is -2.65. The Bertz CT molecular complexity index is 1430. The molecule has 0 bridgehead atoms. The van der Waals surface area contributed by atoms with E-state index in [1.807, 2.05) is 0 Å². The number of fused-ring (bicyclic) bond motifs is 1. The second-order valence-electron chi connectivity index (χ2n) is 6.63. The molecule has 1 aromatic heterocycles. The monoisotopic (exact) mass is 451 g/mol. The minimum Gasteiger partial charge on any atom is -0.497 e. The number of non-ortho nitro benzene ring substituents is 1. The molecule has 0 fully saturated rings. The molecule has 0 amide bonds. The highest BCUT2D eigenvalue weighted by molar-refractivity contribution is 7.92. The molecule has 0 aliphatic heterocycles. The van der Waals surface area contributed by atoms with Gasteiger partial charge in [0.05, 0.1) is 28.0 Å². The summed E-state index contributed by atoms with van der Waals surface area (Å²) in [4.78, 5) is 19.0. The standard InChI is InChI=1S/C21H17N5O5S/c1-31-16-8-4-6-14(12-16)22-20-21(24-19-11-3-2-10-18(19)23-20)25-32(29,30)17-9-5-7-15(13-17)26(27)28/h2-13H,1H3,(H,22,23)(H,24,25). The largest absolute Gasteiger partial charge is 0.497 e. The maximum Gasteiger partial charge on any atom is 0.270 e. The quantitative estimate of drug-likeness (QED) is 0.317. The molecular formula is C21H17N5O5S. The Balaban J connectivity index is 1.77. The number of nitrogens with one attached hydrogen (secondary N) is 2. The first kappa shape index (κ1) is 21.0. The molecule has 162 valence electrons. The van der Waals surface area contributed by atoms with Crippen LogP contribution in [0.15, 0.2) is 77.7 Å². The Morgan fingerprint density at radius 3 is 2.28 bits per heavy atom. The molecule has 0 unspecified atom stereocenters. The summed E-state index contributed by atoms with van der Waals surface area (Å²) < 4.78 is 33.5. The van der Waals surface area contributed by atoms with Gasteiger partial charge in [0.15, 0.2) is 11.6 Å². The van der Waals surface area contributed by atoms with Crippen molar-refractivity contribution in [2.75, 3.05) is 17.1 Å². The summed E-state index contributed by atoms with van der Waals surface area (Å²) in [5.41, 5.74) is 1.29. The lowest BCUT2D eigenvalue weighted by molar-refractivity contribution is -0.385. The third kappa shape index (κ3) is 4.42. The molecule has 0 saturated heterocycles. The minimum atomic E-state index is -4.19. The van der Waals surface area contributed by atoms with Gasteiger partial charge >= 0.3 is 0 Å². The van der Waals surface area contributed by atoms with Gasteiger partial charge in [-0.2, -0.15) is 0 Å². The molecule has 0 radical (unpaired) electrons. The van der Waals surface area contributed by atoms with Crippen molar-refractivity contribution in [1.82, 2.24) is 9.97 Å². The van der Waals surface area contributed by atoms with Crippen LogP contribution in [0.5, 0.6) is 5.75 Å². The molecule has 4 aromatic rings. The molecule has 32 heavy (non-hydrogen) atoms. The summed E-state index contributed by atoms with van der Waals surface area (Å²) in [6.07, 6.45) is 0. The zero-order valence-corrected chi connectivity index (χ0v) is 17.5. The number of benzene rings is 3. The summed E-state index contributed by atoms with van der Waals surface area (Å²) in [5, 5.41) is 14.1. The van der Waals surface area contributed by atoms with E-state index >= 15 is 0 Å². The number of rotatable bonds is 7. The van der Waals surface area contributed by atoms with E-state index in [0.717, 1.165) is 6.07 Å². The van der Waals surface area contributed by atoms with E-state index in [1.165, 1.54) is 25.3 Å². The molecule has 4 rings (SSSR count). The number of nitrogens with zero attached hydrogens (tertiary/aromatic N) is 3. The predicted molar refractivity (Wildman–Crippen MR) is 120 cm³/mol. The van der Waals surface area contributed by atoms with Gasteiger partial charge < -0.3 is 10.1 Å². The zero-order chi connectivity index (χ0) is 22.7. The second kappa shape index (κ2) is 8.47. The van der Waals surface area contributed by atoms with Crippen molar-refractivity contribution in [3.63, 3.8) is 0 Å². The number of hydrogen-bond acceptors (Lipinski definition) is 8. The van der Waals surface area contributed by atoms with Crippen LogP contribution in [0.2, 0.25) is 0 Å². The van der Waals surface area contributed by atoms with Crippen LogP contribution in [0, 0.1) is 10.1 Å². The van der Waals surface area contributed by atoms with Crippen LogP contribution in [0.4, 0.5) is 23.0 Å². The molecule has 2 N–H and O–H groups in total. The highest BCUT2D eigenvalue weighted by Gasteiger charge is 2.21. The first-order valence-electron chi connectivity index (χ1n) is 9.31. The SMILES string of the molecule is COc1cccc(Nc2nc3ccccc3nc2NS(=O)(=O)c2cccc([N+](=O)[O-])c2)c1. The van der Waals surface area contributed by atoms with E-state index < -0.39 is 14.9 Å². The van der Waals surface area contributed by atoms with E-state index in [-0.39, 0.29) is 22.2 Å². The van der Waals surface area contributed by atoms with Gasteiger partial charge in [-0.25, -0.2) is 18.4 Å². The van der Waals surface area contributed by atoms with Gasteiger partial charge in [0.1, 0.15) is 5.75 Å². The molecule has 0 atom stereocenters. The van der Waals surface area contributed by atoms with Crippen LogP contribution < -0.4 is 14.8 Å². The number of para-hydroxylation sites is 2. The number of methoxy groups -OCH3 is 1. The topological polar surface area (TPSA) is 136 Å². The summed E-state index contributed by atoms with van der Waals surface area (Å²) in [6, 6.07) is 18.8. The average molecular weight is 451 g/mol. The number of aromatic nitrogens is 2. The molecule has 11 heteroatoms. The van der Waals surface area contributed by atoms with Gasteiger partial charge in [-0.15, -0.1) is 0 Å². The lowest BCUT2D eigenvalue weighted by atomic mass is 10.3. The highest BCUT2D eigenvalue weighted by atomic mass is 32.2. The maximum absolute atomic E-state index is 13.0. The molecular weight excluding hydrogens is 434 g/mol. The van der Waals surface area contributed by atoms with Crippen LogP contribution in [0.1, 0.15) is 0 Å². The van der Waals surface area contributed by atoms with Crippen LogP contribution in [0.3, 0.4) is 0 Å². The van der Waals surface area contributed by atoms with Crippen molar-refractivity contribution in [1.29, 1.82) is 0 Å². The molecule has 0 spiro atoms. The number of nitro groups is 1. The predicted octanol–water partition coefficient (Wildman–Crippen LogP) is 4.09. The zero-order valence-electron chi connectivity index (χ0n) is 16.7. The smallest absolute Gasteiger partial charge is 0.270 e. The van der Waals surface area contributed by atoms with E-state index in [9.17, 15) is 18.5 Å². The number of anilines is 3.